The third kappa shape index (κ3) is 2.99. The van der Waals surface area contributed by atoms with E-state index in [4.69, 9.17) is 0 Å². The van der Waals surface area contributed by atoms with E-state index in [-0.39, 0.29) is 5.91 Å². The molecule has 0 spiro atoms. The second kappa shape index (κ2) is 6.87. The van der Waals surface area contributed by atoms with Gasteiger partial charge in [0.2, 0.25) is 0 Å². The van der Waals surface area contributed by atoms with Crippen LogP contribution in [0, 0.1) is 0 Å². The lowest BCUT2D eigenvalue weighted by Gasteiger charge is -2.25. The van der Waals surface area contributed by atoms with Crippen LogP contribution in [0.5, 0.6) is 0 Å². The maximum Gasteiger partial charge on any atom is 0.259 e. The van der Waals surface area contributed by atoms with E-state index < -0.39 is 0 Å². The summed E-state index contributed by atoms with van der Waals surface area (Å²) in [5.74, 6) is 0.673. The fourth-order valence-corrected chi connectivity index (χ4v) is 3.08. The number of anilines is 2. The zero-order valence-corrected chi connectivity index (χ0v) is 14.4. The van der Waals surface area contributed by atoms with Crippen molar-refractivity contribution in [2.75, 3.05) is 29.9 Å². The lowest BCUT2D eigenvalue weighted by Crippen LogP contribution is -2.30. The second-order valence-electron chi connectivity index (χ2n) is 6.09. The first-order chi connectivity index (χ1) is 12.7. The molecular weight excluding hydrogens is 332 g/mol. The van der Waals surface area contributed by atoms with E-state index in [1.807, 2.05) is 12.1 Å². The fourth-order valence-electron chi connectivity index (χ4n) is 3.08. The van der Waals surface area contributed by atoms with Crippen LogP contribution in [0.4, 0.5) is 11.5 Å². The molecule has 1 fully saturated rings. The zero-order chi connectivity index (χ0) is 17.9. The van der Waals surface area contributed by atoms with Crippen LogP contribution in [0.25, 0.3) is 5.69 Å². The van der Waals surface area contributed by atoms with Crippen molar-refractivity contribution in [3.8, 4) is 5.69 Å². The monoisotopic (exact) mass is 350 g/mol. The highest BCUT2D eigenvalue weighted by Gasteiger charge is 2.22. The number of hydrogen-bond donors (Lipinski definition) is 0. The van der Waals surface area contributed by atoms with E-state index in [9.17, 15) is 4.79 Å². The molecule has 1 aliphatic heterocycles. The molecule has 9 heteroatoms. The van der Waals surface area contributed by atoms with Crippen LogP contribution in [0.1, 0.15) is 23.2 Å². The standard InChI is InChI=1S/C17H18N8O/c1-23(15-5-4-6-19-16(15)24-7-2-3-8-24)17(26)13-9-14(11-18-10-13)25-12-20-21-22-25/h4-6,9-12H,2-3,7-8H2,1H3. The Morgan fingerprint density at radius 3 is 2.85 bits per heavy atom. The third-order valence-corrected chi connectivity index (χ3v) is 4.42. The molecule has 0 aliphatic carbocycles. The van der Waals surface area contributed by atoms with E-state index in [0.29, 0.717) is 11.3 Å². The predicted octanol–water partition coefficient (Wildman–Crippen LogP) is 1.33. The van der Waals surface area contributed by atoms with E-state index >= 15 is 0 Å². The van der Waals surface area contributed by atoms with Gasteiger partial charge in [-0.3, -0.25) is 9.78 Å². The topological polar surface area (TPSA) is 92.9 Å². The third-order valence-electron chi connectivity index (χ3n) is 4.42. The van der Waals surface area contributed by atoms with Crippen molar-refractivity contribution in [1.29, 1.82) is 0 Å². The highest BCUT2D eigenvalue weighted by atomic mass is 16.2. The Kier molecular flexibility index (Phi) is 4.26. The molecular formula is C17H18N8O. The van der Waals surface area contributed by atoms with Crippen molar-refractivity contribution < 1.29 is 4.79 Å². The number of aromatic nitrogens is 6. The average Bonchev–Trinajstić information content (AvgIpc) is 3.41. The van der Waals surface area contributed by atoms with Gasteiger partial charge in [-0.25, -0.2) is 4.98 Å². The second-order valence-corrected chi connectivity index (χ2v) is 6.09. The van der Waals surface area contributed by atoms with Gasteiger partial charge in [-0.05, 0) is 41.5 Å². The molecule has 132 valence electrons. The fraction of sp³-hybridized carbons (Fsp3) is 0.294. The summed E-state index contributed by atoms with van der Waals surface area (Å²) in [5, 5.41) is 11.0. The van der Waals surface area contributed by atoms with Crippen LogP contribution in [-0.4, -0.2) is 56.2 Å². The summed E-state index contributed by atoms with van der Waals surface area (Å²) in [4.78, 5) is 25.5. The summed E-state index contributed by atoms with van der Waals surface area (Å²) >= 11 is 0. The van der Waals surface area contributed by atoms with Crippen LogP contribution in [-0.2, 0) is 0 Å². The van der Waals surface area contributed by atoms with Crippen molar-refractivity contribution >= 4 is 17.4 Å². The molecule has 0 atom stereocenters. The molecule has 1 saturated heterocycles. The first-order valence-electron chi connectivity index (χ1n) is 8.40. The summed E-state index contributed by atoms with van der Waals surface area (Å²) in [6, 6.07) is 5.47. The maximum atomic E-state index is 13.0. The Labute approximate surface area is 150 Å². The smallest absolute Gasteiger partial charge is 0.259 e. The molecule has 0 radical (unpaired) electrons. The minimum absolute atomic E-state index is 0.166. The summed E-state index contributed by atoms with van der Waals surface area (Å²) < 4.78 is 1.46. The molecule has 1 amide bonds. The lowest BCUT2D eigenvalue weighted by atomic mass is 10.2. The number of carbonyl (C=O) groups is 1. The van der Waals surface area contributed by atoms with E-state index in [0.717, 1.165) is 37.4 Å². The Balaban J connectivity index is 1.64. The predicted molar refractivity (Wildman–Crippen MR) is 95.4 cm³/mol. The Hall–Kier alpha value is -3.36. The maximum absolute atomic E-state index is 13.0. The van der Waals surface area contributed by atoms with Gasteiger partial charge in [-0.15, -0.1) is 5.10 Å². The van der Waals surface area contributed by atoms with Gasteiger partial charge in [-0.2, -0.15) is 4.68 Å². The molecule has 1 aliphatic rings. The van der Waals surface area contributed by atoms with Crippen molar-refractivity contribution in [2.45, 2.75) is 12.8 Å². The van der Waals surface area contributed by atoms with Crippen LogP contribution in [0.2, 0.25) is 0 Å². The average molecular weight is 350 g/mol. The quantitative estimate of drug-likeness (QED) is 0.701. The van der Waals surface area contributed by atoms with Gasteiger partial charge in [0.05, 0.1) is 23.1 Å². The normalized spacial score (nSPS) is 13.8. The Morgan fingerprint density at radius 2 is 2.08 bits per heavy atom. The highest BCUT2D eigenvalue weighted by Crippen LogP contribution is 2.29. The molecule has 0 aromatic carbocycles. The first kappa shape index (κ1) is 16.1. The summed E-state index contributed by atoms with van der Waals surface area (Å²) in [6.45, 7) is 1.92. The number of rotatable bonds is 4. The SMILES string of the molecule is CN(C(=O)c1cncc(-n2cnnn2)c1)c1cccnc1N1CCCC1. The molecule has 4 rings (SSSR count). The van der Waals surface area contributed by atoms with Crippen molar-refractivity contribution in [3.63, 3.8) is 0 Å². The molecule has 4 heterocycles. The van der Waals surface area contributed by atoms with Crippen molar-refractivity contribution in [2.24, 2.45) is 0 Å². The zero-order valence-electron chi connectivity index (χ0n) is 14.4. The number of nitrogens with zero attached hydrogens (tertiary/aromatic N) is 8. The van der Waals surface area contributed by atoms with Gasteiger partial charge >= 0.3 is 0 Å². The lowest BCUT2D eigenvalue weighted by molar-refractivity contribution is 0.0992. The van der Waals surface area contributed by atoms with Crippen LogP contribution >= 0.6 is 0 Å². The first-order valence-corrected chi connectivity index (χ1v) is 8.40. The molecule has 3 aromatic rings. The number of pyridine rings is 2. The van der Waals surface area contributed by atoms with Gasteiger partial charge in [-0.1, -0.05) is 0 Å². The number of amides is 1. The molecule has 3 aromatic heterocycles. The highest BCUT2D eigenvalue weighted by molar-refractivity contribution is 6.07. The van der Waals surface area contributed by atoms with E-state index in [1.165, 1.54) is 11.0 Å². The van der Waals surface area contributed by atoms with Crippen molar-refractivity contribution in [3.05, 3.63) is 48.7 Å². The minimum Gasteiger partial charge on any atom is -0.355 e. The Bertz CT molecular complexity index is 905. The van der Waals surface area contributed by atoms with E-state index in [2.05, 4.69) is 30.4 Å². The molecule has 0 bridgehead atoms. The van der Waals surface area contributed by atoms with Crippen LogP contribution in [0.3, 0.4) is 0 Å². The van der Waals surface area contributed by atoms with Gasteiger partial charge < -0.3 is 9.80 Å². The number of tetrazole rings is 1. The largest absolute Gasteiger partial charge is 0.355 e. The molecule has 9 nitrogen and oxygen atoms in total. The van der Waals surface area contributed by atoms with Crippen LogP contribution in [0.15, 0.2) is 43.1 Å². The van der Waals surface area contributed by atoms with Gasteiger partial charge in [0.15, 0.2) is 5.82 Å². The number of hydrogen-bond acceptors (Lipinski definition) is 7. The van der Waals surface area contributed by atoms with Crippen LogP contribution < -0.4 is 9.80 Å². The van der Waals surface area contributed by atoms with Gasteiger partial charge in [0.1, 0.15) is 6.33 Å². The summed E-state index contributed by atoms with van der Waals surface area (Å²) in [5.41, 5.74) is 1.86. The number of carbonyl (C=O) groups excluding carboxylic acids is 1. The molecule has 0 N–H and O–H groups in total. The molecule has 26 heavy (non-hydrogen) atoms. The van der Waals surface area contributed by atoms with Gasteiger partial charge in [0.25, 0.3) is 5.91 Å². The van der Waals surface area contributed by atoms with Crippen molar-refractivity contribution in [1.82, 2.24) is 30.2 Å². The Morgan fingerprint density at radius 1 is 1.23 bits per heavy atom. The summed E-state index contributed by atoms with van der Waals surface area (Å²) in [6.07, 6.45) is 8.65. The molecule has 0 saturated carbocycles. The minimum atomic E-state index is -0.166. The van der Waals surface area contributed by atoms with Gasteiger partial charge in [0, 0.05) is 32.5 Å². The van der Waals surface area contributed by atoms with E-state index in [1.54, 1.807) is 36.6 Å². The molecule has 0 unspecified atom stereocenters. The summed E-state index contributed by atoms with van der Waals surface area (Å²) in [7, 11) is 1.75.